The van der Waals surface area contributed by atoms with Crippen LogP contribution in [-0.4, -0.2) is 19.5 Å². The Kier molecular flexibility index (Phi) is 5.47. The SMILES string of the molecule is FC(F)(F)c1ccc(-c2cccc3cc(SNc4ccncn4)ccc23)c(-n2ccnc2)c1. The fraction of sp³-hybridized carbons (Fsp3) is 0.0417. The first-order valence-electron chi connectivity index (χ1n) is 9.91. The van der Waals surface area contributed by atoms with E-state index in [0.717, 1.165) is 33.4 Å². The number of hydrogen-bond donors (Lipinski definition) is 1. The number of halogens is 3. The van der Waals surface area contributed by atoms with Crippen molar-refractivity contribution in [3.8, 4) is 16.8 Å². The highest BCUT2D eigenvalue weighted by Gasteiger charge is 2.31. The minimum atomic E-state index is -4.44. The Balaban J connectivity index is 1.56. The van der Waals surface area contributed by atoms with E-state index in [2.05, 4.69) is 19.7 Å². The Hall–Kier alpha value is -3.85. The highest BCUT2D eigenvalue weighted by Crippen LogP contribution is 2.38. The lowest BCUT2D eigenvalue weighted by Crippen LogP contribution is -2.07. The largest absolute Gasteiger partial charge is 0.416 e. The van der Waals surface area contributed by atoms with Gasteiger partial charge in [-0.05, 0) is 58.6 Å². The molecule has 164 valence electrons. The summed E-state index contributed by atoms with van der Waals surface area (Å²) in [5.41, 5.74) is 1.24. The van der Waals surface area contributed by atoms with Gasteiger partial charge in [0.2, 0.25) is 0 Å². The molecule has 0 amide bonds. The zero-order chi connectivity index (χ0) is 22.8. The summed E-state index contributed by atoms with van der Waals surface area (Å²) in [6, 6.07) is 17.3. The van der Waals surface area contributed by atoms with Gasteiger partial charge in [-0.25, -0.2) is 15.0 Å². The maximum atomic E-state index is 13.4. The highest BCUT2D eigenvalue weighted by molar-refractivity contribution is 8.00. The molecule has 0 aliphatic heterocycles. The smallest absolute Gasteiger partial charge is 0.310 e. The number of aromatic nitrogens is 4. The summed E-state index contributed by atoms with van der Waals surface area (Å²) >= 11 is 1.42. The monoisotopic (exact) mass is 463 g/mol. The van der Waals surface area contributed by atoms with E-state index >= 15 is 0 Å². The van der Waals surface area contributed by atoms with Crippen molar-refractivity contribution in [2.75, 3.05) is 4.72 Å². The van der Waals surface area contributed by atoms with Gasteiger partial charge in [-0.3, -0.25) is 0 Å². The lowest BCUT2D eigenvalue weighted by molar-refractivity contribution is -0.137. The van der Waals surface area contributed by atoms with Crippen LogP contribution >= 0.6 is 11.9 Å². The Morgan fingerprint density at radius 3 is 2.55 bits per heavy atom. The molecule has 0 fully saturated rings. The van der Waals surface area contributed by atoms with Crippen molar-refractivity contribution < 1.29 is 13.2 Å². The second kappa shape index (κ2) is 8.59. The maximum Gasteiger partial charge on any atom is 0.416 e. The summed E-state index contributed by atoms with van der Waals surface area (Å²) in [4.78, 5) is 13.0. The number of anilines is 1. The van der Waals surface area contributed by atoms with Crippen molar-refractivity contribution >= 4 is 28.5 Å². The summed E-state index contributed by atoms with van der Waals surface area (Å²) in [5, 5.41) is 1.91. The Morgan fingerprint density at radius 1 is 0.879 bits per heavy atom. The normalized spacial score (nSPS) is 11.6. The molecule has 9 heteroatoms. The molecule has 0 saturated heterocycles. The number of rotatable bonds is 5. The van der Waals surface area contributed by atoms with Crippen molar-refractivity contribution in [2.24, 2.45) is 0 Å². The zero-order valence-corrected chi connectivity index (χ0v) is 17.8. The van der Waals surface area contributed by atoms with Gasteiger partial charge in [0, 0.05) is 29.0 Å². The topological polar surface area (TPSA) is 55.6 Å². The first kappa shape index (κ1) is 21.0. The van der Waals surface area contributed by atoms with E-state index in [9.17, 15) is 13.2 Å². The maximum absolute atomic E-state index is 13.4. The first-order chi connectivity index (χ1) is 16.0. The first-order valence-corrected chi connectivity index (χ1v) is 10.7. The lowest BCUT2D eigenvalue weighted by Gasteiger charge is -2.16. The van der Waals surface area contributed by atoms with Gasteiger partial charge in [-0.1, -0.05) is 30.3 Å². The van der Waals surface area contributed by atoms with Crippen LogP contribution in [0.15, 0.2) is 96.8 Å². The molecule has 1 N–H and O–H groups in total. The van der Waals surface area contributed by atoms with Gasteiger partial charge >= 0.3 is 6.18 Å². The van der Waals surface area contributed by atoms with Gasteiger partial charge in [0.15, 0.2) is 0 Å². The van der Waals surface area contributed by atoms with Crippen LogP contribution in [0.2, 0.25) is 0 Å². The number of alkyl halides is 3. The van der Waals surface area contributed by atoms with E-state index in [1.54, 1.807) is 29.2 Å². The fourth-order valence-electron chi connectivity index (χ4n) is 3.57. The molecule has 0 atom stereocenters. The van der Waals surface area contributed by atoms with Gasteiger partial charge < -0.3 is 9.29 Å². The second-order valence-electron chi connectivity index (χ2n) is 7.19. The highest BCUT2D eigenvalue weighted by atomic mass is 32.2. The molecular formula is C24H16F3N5S. The molecule has 0 aliphatic rings. The number of hydrogen-bond acceptors (Lipinski definition) is 5. The van der Waals surface area contributed by atoms with Crippen molar-refractivity contribution in [3.05, 3.63) is 97.5 Å². The number of nitrogens with zero attached hydrogens (tertiary/aromatic N) is 4. The molecule has 0 unspecified atom stereocenters. The summed E-state index contributed by atoms with van der Waals surface area (Å²) < 4.78 is 45.0. The standard InChI is InChI=1S/C24H16F3N5S/c25-24(26,27)17-4-6-21(22(13-17)32-11-10-29-15-32)20-3-1-2-16-12-18(5-7-19(16)20)33-31-23-8-9-28-14-30-23/h1-15H,(H,28,30,31). The van der Waals surface area contributed by atoms with E-state index in [1.807, 2.05) is 36.4 Å². The van der Waals surface area contributed by atoms with Gasteiger partial charge in [0.25, 0.3) is 0 Å². The van der Waals surface area contributed by atoms with Crippen molar-refractivity contribution in [2.45, 2.75) is 11.1 Å². The molecule has 2 aromatic heterocycles. The molecule has 0 spiro atoms. The minimum Gasteiger partial charge on any atom is -0.310 e. The van der Waals surface area contributed by atoms with E-state index in [1.165, 1.54) is 30.7 Å². The van der Waals surface area contributed by atoms with Crippen molar-refractivity contribution in [1.29, 1.82) is 0 Å². The molecule has 3 aromatic carbocycles. The molecule has 0 radical (unpaired) electrons. The second-order valence-corrected chi connectivity index (χ2v) is 8.07. The fourth-order valence-corrected chi connectivity index (χ4v) is 4.24. The summed E-state index contributed by atoms with van der Waals surface area (Å²) in [5.74, 6) is 0.693. The molecule has 0 saturated carbocycles. The molecule has 2 heterocycles. The van der Waals surface area contributed by atoms with Gasteiger partial charge in [0.05, 0.1) is 17.6 Å². The van der Waals surface area contributed by atoms with Gasteiger partial charge in [-0.15, -0.1) is 0 Å². The predicted molar refractivity (Wildman–Crippen MR) is 123 cm³/mol. The van der Waals surface area contributed by atoms with E-state index < -0.39 is 11.7 Å². The molecule has 33 heavy (non-hydrogen) atoms. The number of fused-ring (bicyclic) bond motifs is 1. The predicted octanol–water partition coefficient (Wildman–Crippen LogP) is 6.62. The average molecular weight is 463 g/mol. The molecule has 5 rings (SSSR count). The van der Waals surface area contributed by atoms with Crippen LogP contribution in [0, 0.1) is 0 Å². The molecule has 5 nitrogen and oxygen atoms in total. The molecule has 0 aliphatic carbocycles. The third kappa shape index (κ3) is 4.40. The summed E-state index contributed by atoms with van der Waals surface area (Å²) in [7, 11) is 0. The Labute approximate surface area is 191 Å². The van der Waals surface area contributed by atoms with Crippen molar-refractivity contribution in [1.82, 2.24) is 19.5 Å². The van der Waals surface area contributed by atoms with Crippen LogP contribution in [0.4, 0.5) is 19.0 Å². The third-order valence-electron chi connectivity index (χ3n) is 5.11. The zero-order valence-electron chi connectivity index (χ0n) is 17.0. The quantitative estimate of drug-likeness (QED) is 0.297. The number of nitrogens with one attached hydrogen (secondary N) is 1. The van der Waals surface area contributed by atoms with E-state index in [-0.39, 0.29) is 0 Å². The van der Waals surface area contributed by atoms with Crippen LogP contribution in [0.25, 0.3) is 27.6 Å². The number of imidazole rings is 1. The minimum absolute atomic E-state index is 0.415. The van der Waals surface area contributed by atoms with E-state index in [4.69, 9.17) is 0 Å². The van der Waals surface area contributed by atoms with E-state index in [0.29, 0.717) is 17.1 Å². The molecule has 0 bridgehead atoms. The lowest BCUT2D eigenvalue weighted by atomic mass is 9.95. The third-order valence-corrected chi connectivity index (χ3v) is 5.91. The van der Waals surface area contributed by atoms with Gasteiger partial charge in [0.1, 0.15) is 12.1 Å². The summed E-state index contributed by atoms with van der Waals surface area (Å²) in [6.45, 7) is 0. The van der Waals surface area contributed by atoms with Crippen molar-refractivity contribution in [3.63, 3.8) is 0 Å². The van der Waals surface area contributed by atoms with Crippen LogP contribution in [0.5, 0.6) is 0 Å². The molecule has 5 aromatic rings. The van der Waals surface area contributed by atoms with Crippen LogP contribution in [0.3, 0.4) is 0 Å². The average Bonchev–Trinajstić information content (AvgIpc) is 3.37. The van der Waals surface area contributed by atoms with Crippen LogP contribution in [-0.2, 0) is 6.18 Å². The Bertz CT molecular complexity index is 1400. The Morgan fingerprint density at radius 2 is 1.79 bits per heavy atom. The van der Waals surface area contributed by atoms with Crippen LogP contribution in [0.1, 0.15) is 5.56 Å². The summed E-state index contributed by atoms with van der Waals surface area (Å²) in [6.07, 6.45) is 3.37. The van der Waals surface area contributed by atoms with Gasteiger partial charge in [-0.2, -0.15) is 13.2 Å². The number of benzene rings is 3. The molecular weight excluding hydrogens is 447 g/mol. The van der Waals surface area contributed by atoms with Crippen LogP contribution < -0.4 is 4.72 Å².